The average molecular weight is 217 g/mol. The Labute approximate surface area is 94.2 Å². The second kappa shape index (κ2) is 3.68. The Balaban J connectivity index is 2.44. The van der Waals surface area contributed by atoms with E-state index in [1.165, 1.54) is 0 Å². The van der Waals surface area contributed by atoms with Gasteiger partial charge in [-0.3, -0.25) is 0 Å². The van der Waals surface area contributed by atoms with E-state index in [0.717, 1.165) is 16.8 Å². The van der Waals surface area contributed by atoms with Crippen LogP contribution in [0, 0.1) is 0 Å². The fourth-order valence-corrected chi connectivity index (χ4v) is 1.78. The summed E-state index contributed by atoms with van der Waals surface area (Å²) in [6.45, 7) is 3.93. The van der Waals surface area contributed by atoms with Crippen LogP contribution < -0.4 is 11.5 Å². The van der Waals surface area contributed by atoms with Gasteiger partial charge in [-0.25, -0.2) is 0 Å². The highest BCUT2D eigenvalue weighted by atomic mass is 15.3. The first kappa shape index (κ1) is 10.8. The maximum atomic E-state index is 6.20. The Morgan fingerprint density at radius 2 is 2.19 bits per heavy atom. The Hall–Kier alpha value is -1.75. The topological polar surface area (TPSA) is 90.7 Å². The Morgan fingerprint density at radius 1 is 1.44 bits per heavy atom. The number of rotatable bonds is 1. The molecule has 0 bridgehead atoms. The van der Waals surface area contributed by atoms with E-state index in [1.807, 2.05) is 26.0 Å². The van der Waals surface area contributed by atoms with Crippen LogP contribution in [0.25, 0.3) is 5.57 Å². The van der Waals surface area contributed by atoms with Gasteiger partial charge in [0.05, 0.1) is 11.9 Å². The molecular weight excluding hydrogens is 202 g/mol. The molecule has 5 nitrogen and oxygen atoms in total. The minimum Gasteiger partial charge on any atom is -0.399 e. The van der Waals surface area contributed by atoms with Crippen LogP contribution in [-0.2, 0) is 0 Å². The summed E-state index contributed by atoms with van der Waals surface area (Å²) in [5.74, 6) is 0. The van der Waals surface area contributed by atoms with Crippen molar-refractivity contribution in [2.45, 2.75) is 25.8 Å². The van der Waals surface area contributed by atoms with Gasteiger partial charge in [-0.05, 0) is 48.8 Å². The first-order chi connectivity index (χ1) is 7.50. The molecule has 0 fully saturated rings. The molecule has 2 rings (SSSR count). The van der Waals surface area contributed by atoms with Gasteiger partial charge < -0.3 is 11.5 Å². The van der Waals surface area contributed by atoms with E-state index in [9.17, 15) is 0 Å². The van der Waals surface area contributed by atoms with Gasteiger partial charge in [0.1, 0.15) is 0 Å². The molecule has 0 amide bonds. The molecule has 1 aliphatic rings. The first-order valence-corrected chi connectivity index (χ1v) is 5.12. The third-order valence-electron chi connectivity index (χ3n) is 3.01. The highest BCUT2D eigenvalue weighted by Crippen LogP contribution is 2.33. The van der Waals surface area contributed by atoms with Crippen molar-refractivity contribution in [2.24, 2.45) is 11.5 Å². The molecule has 1 atom stereocenters. The quantitative estimate of drug-likeness (QED) is 0.719. The molecule has 0 spiro atoms. The third kappa shape index (κ3) is 1.81. The lowest BCUT2D eigenvalue weighted by Gasteiger charge is -2.31. The van der Waals surface area contributed by atoms with Crippen LogP contribution in [0.5, 0.6) is 0 Å². The van der Waals surface area contributed by atoms with E-state index in [0.29, 0.717) is 12.1 Å². The van der Waals surface area contributed by atoms with E-state index in [4.69, 9.17) is 11.5 Å². The molecule has 0 radical (unpaired) electrons. The summed E-state index contributed by atoms with van der Waals surface area (Å²) < 4.78 is 0. The minimum atomic E-state index is -0.418. The zero-order chi connectivity index (χ0) is 11.8. The van der Waals surface area contributed by atoms with Crippen molar-refractivity contribution in [1.29, 1.82) is 0 Å². The number of nitrogens with two attached hydrogens (primary N) is 2. The smallest absolute Gasteiger partial charge is 0.0924 e. The van der Waals surface area contributed by atoms with Gasteiger partial charge in [-0.1, -0.05) is 0 Å². The van der Waals surface area contributed by atoms with Crippen LogP contribution in [0.3, 0.4) is 0 Å². The van der Waals surface area contributed by atoms with Gasteiger partial charge in [0, 0.05) is 11.2 Å². The molecule has 1 aromatic rings. The Morgan fingerprint density at radius 3 is 2.75 bits per heavy atom. The second-order valence-corrected chi connectivity index (χ2v) is 4.35. The molecule has 1 unspecified atom stereocenters. The van der Waals surface area contributed by atoms with Gasteiger partial charge in [0.2, 0.25) is 0 Å². The van der Waals surface area contributed by atoms with Crippen LogP contribution in [0.4, 0.5) is 0 Å². The lowest BCUT2D eigenvalue weighted by Crippen LogP contribution is -2.40. The Bertz CT molecular complexity index is 459. The molecule has 0 aromatic carbocycles. The molecular formula is C11H15N5. The van der Waals surface area contributed by atoms with Crippen LogP contribution >= 0.6 is 0 Å². The average Bonchev–Trinajstić information content (AvgIpc) is 2.26. The fourth-order valence-electron chi connectivity index (χ4n) is 1.78. The van der Waals surface area contributed by atoms with Crippen molar-refractivity contribution in [3.8, 4) is 0 Å². The predicted molar refractivity (Wildman–Crippen MR) is 61.9 cm³/mol. The lowest BCUT2D eigenvalue weighted by atomic mass is 9.80. The predicted octanol–water partition coefficient (Wildman–Crippen LogP) is 0.609. The van der Waals surface area contributed by atoms with E-state index >= 15 is 0 Å². The van der Waals surface area contributed by atoms with Crippen molar-refractivity contribution in [3.05, 3.63) is 35.3 Å². The van der Waals surface area contributed by atoms with Gasteiger partial charge in [0.25, 0.3) is 0 Å². The second-order valence-electron chi connectivity index (χ2n) is 4.35. The van der Waals surface area contributed by atoms with Gasteiger partial charge in [0.15, 0.2) is 0 Å². The largest absolute Gasteiger partial charge is 0.399 e. The summed E-state index contributed by atoms with van der Waals surface area (Å²) in [5, 5.41) is 11.2. The normalized spacial score (nSPS) is 25.6. The molecule has 84 valence electrons. The number of nitrogens with zero attached hydrogens (tertiary/aromatic N) is 3. The molecule has 4 N–H and O–H groups in total. The fraction of sp³-hybridized carbons (Fsp3) is 0.364. The number of allylic oxidation sites excluding steroid dienone is 1. The molecule has 0 saturated heterocycles. The standard InChI is InChI=1S/C11H15N5/c1-7-9(12)5-8(6-11(7,2)13)10-3-4-14-16-15-10/h3-5H,6,12-13H2,1-2H3. The zero-order valence-electron chi connectivity index (χ0n) is 9.44. The lowest BCUT2D eigenvalue weighted by molar-refractivity contribution is 0.552. The summed E-state index contributed by atoms with van der Waals surface area (Å²) in [5.41, 5.74) is 15.2. The summed E-state index contributed by atoms with van der Waals surface area (Å²) in [7, 11) is 0. The van der Waals surface area contributed by atoms with Crippen LogP contribution in [-0.4, -0.2) is 20.9 Å². The number of aromatic nitrogens is 3. The highest BCUT2D eigenvalue weighted by molar-refractivity contribution is 5.69. The summed E-state index contributed by atoms with van der Waals surface area (Å²) in [4.78, 5) is 0. The van der Waals surface area contributed by atoms with Gasteiger partial charge >= 0.3 is 0 Å². The summed E-state index contributed by atoms with van der Waals surface area (Å²) >= 11 is 0. The summed E-state index contributed by atoms with van der Waals surface area (Å²) in [6.07, 6.45) is 4.23. The molecule has 5 heteroatoms. The third-order valence-corrected chi connectivity index (χ3v) is 3.01. The maximum Gasteiger partial charge on any atom is 0.0924 e. The van der Waals surface area contributed by atoms with Crippen LogP contribution in [0.15, 0.2) is 29.6 Å². The van der Waals surface area contributed by atoms with E-state index in [2.05, 4.69) is 15.4 Å². The molecule has 1 heterocycles. The van der Waals surface area contributed by atoms with E-state index in [1.54, 1.807) is 6.20 Å². The number of hydrogen-bond donors (Lipinski definition) is 2. The molecule has 16 heavy (non-hydrogen) atoms. The van der Waals surface area contributed by atoms with Crippen molar-refractivity contribution < 1.29 is 0 Å². The SMILES string of the molecule is CC1=C(N)C=C(c2ccnnn2)CC1(C)N. The summed E-state index contributed by atoms with van der Waals surface area (Å²) in [6, 6.07) is 1.81. The Kier molecular flexibility index (Phi) is 2.47. The van der Waals surface area contributed by atoms with E-state index in [-0.39, 0.29) is 0 Å². The monoisotopic (exact) mass is 217 g/mol. The first-order valence-electron chi connectivity index (χ1n) is 5.12. The molecule has 0 saturated carbocycles. The molecule has 1 aliphatic carbocycles. The number of hydrogen-bond acceptors (Lipinski definition) is 5. The molecule has 0 aliphatic heterocycles. The van der Waals surface area contributed by atoms with Gasteiger partial charge in [-0.15, -0.1) is 10.2 Å². The van der Waals surface area contributed by atoms with Crippen LogP contribution in [0.1, 0.15) is 26.0 Å². The molecule has 1 aromatic heterocycles. The van der Waals surface area contributed by atoms with Crippen molar-refractivity contribution in [1.82, 2.24) is 15.4 Å². The van der Waals surface area contributed by atoms with Crippen molar-refractivity contribution >= 4 is 5.57 Å². The van der Waals surface area contributed by atoms with Crippen molar-refractivity contribution in [2.75, 3.05) is 0 Å². The zero-order valence-corrected chi connectivity index (χ0v) is 9.44. The van der Waals surface area contributed by atoms with Gasteiger partial charge in [-0.2, -0.15) is 0 Å². The maximum absolute atomic E-state index is 6.20. The van der Waals surface area contributed by atoms with Crippen LogP contribution in [0.2, 0.25) is 0 Å². The van der Waals surface area contributed by atoms with E-state index < -0.39 is 5.54 Å². The van der Waals surface area contributed by atoms with Crippen molar-refractivity contribution in [3.63, 3.8) is 0 Å². The minimum absolute atomic E-state index is 0.418. The highest BCUT2D eigenvalue weighted by Gasteiger charge is 2.28.